The highest BCUT2D eigenvalue weighted by molar-refractivity contribution is 5.80. The molecule has 3 atom stereocenters. The summed E-state index contributed by atoms with van der Waals surface area (Å²) in [6.07, 6.45) is 5.59. The van der Waals surface area contributed by atoms with Gasteiger partial charge in [0.15, 0.2) is 5.96 Å². The number of nitrogens with one attached hydrogen (secondary N) is 2. The van der Waals surface area contributed by atoms with Crippen LogP contribution in [0.1, 0.15) is 32.6 Å². The van der Waals surface area contributed by atoms with Crippen LogP contribution in [-0.2, 0) is 4.74 Å². The zero-order chi connectivity index (χ0) is 17.1. The van der Waals surface area contributed by atoms with Gasteiger partial charge in [0.1, 0.15) is 12.4 Å². The lowest BCUT2D eigenvalue weighted by molar-refractivity contribution is -0.171. The van der Waals surface area contributed by atoms with Crippen molar-refractivity contribution in [2.75, 3.05) is 26.3 Å². The molecule has 2 saturated carbocycles. The van der Waals surface area contributed by atoms with E-state index in [9.17, 15) is 0 Å². The summed E-state index contributed by atoms with van der Waals surface area (Å²) in [6.45, 7) is 5.14. The molecule has 1 aromatic rings. The van der Waals surface area contributed by atoms with E-state index in [2.05, 4.69) is 17.6 Å². The monoisotopic (exact) mass is 343 g/mol. The summed E-state index contributed by atoms with van der Waals surface area (Å²) in [5.74, 6) is 2.47. The van der Waals surface area contributed by atoms with Gasteiger partial charge in [-0.15, -0.1) is 0 Å². The minimum atomic E-state index is 0.373. The molecule has 3 fully saturated rings. The quantitative estimate of drug-likeness (QED) is 0.474. The first-order valence-corrected chi connectivity index (χ1v) is 9.68. The van der Waals surface area contributed by atoms with Crippen molar-refractivity contribution in [1.29, 1.82) is 0 Å². The molecular formula is C20H29N3O2. The van der Waals surface area contributed by atoms with E-state index in [1.165, 1.54) is 25.7 Å². The minimum Gasteiger partial charge on any atom is -0.492 e. The molecule has 25 heavy (non-hydrogen) atoms. The summed E-state index contributed by atoms with van der Waals surface area (Å²) in [4.78, 5) is 4.72. The maximum atomic E-state index is 6.01. The number of hydrogen-bond acceptors (Lipinski definition) is 3. The van der Waals surface area contributed by atoms with Gasteiger partial charge in [0, 0.05) is 30.5 Å². The van der Waals surface area contributed by atoms with E-state index in [1.807, 2.05) is 30.3 Å². The zero-order valence-electron chi connectivity index (χ0n) is 15.0. The van der Waals surface area contributed by atoms with Gasteiger partial charge in [0.2, 0.25) is 0 Å². The predicted octanol–water partition coefficient (Wildman–Crippen LogP) is 2.58. The highest BCUT2D eigenvalue weighted by atomic mass is 16.5. The van der Waals surface area contributed by atoms with Crippen LogP contribution in [0.4, 0.5) is 0 Å². The Bertz CT molecular complexity index is 600. The van der Waals surface area contributed by atoms with Crippen LogP contribution in [-0.4, -0.2) is 44.4 Å². The van der Waals surface area contributed by atoms with Crippen LogP contribution >= 0.6 is 0 Å². The third-order valence-electron chi connectivity index (χ3n) is 6.05. The molecule has 5 nitrogen and oxygen atoms in total. The first-order chi connectivity index (χ1) is 12.3. The summed E-state index contributed by atoms with van der Waals surface area (Å²) >= 11 is 0. The van der Waals surface area contributed by atoms with E-state index in [0.29, 0.717) is 36.6 Å². The molecule has 1 spiro atoms. The zero-order valence-corrected chi connectivity index (χ0v) is 15.0. The van der Waals surface area contributed by atoms with Crippen LogP contribution in [0.3, 0.4) is 0 Å². The molecule has 136 valence electrons. The topological polar surface area (TPSA) is 54.9 Å². The van der Waals surface area contributed by atoms with Crippen LogP contribution in [0.5, 0.6) is 5.75 Å². The standard InChI is InChI=1S/C20H29N3O2/c1-2-21-19(22-12-14-24-15-7-4-3-5-8-15)23-17-16-9-13-25-18(16)20(17)10-6-11-20/h3-5,7-8,16-18H,2,6,9-14H2,1H3,(H2,21,22,23). The molecule has 3 aliphatic rings. The maximum Gasteiger partial charge on any atom is 0.191 e. The van der Waals surface area contributed by atoms with Crippen LogP contribution in [0.15, 0.2) is 35.3 Å². The molecule has 1 saturated heterocycles. The largest absolute Gasteiger partial charge is 0.492 e. The van der Waals surface area contributed by atoms with Crippen LogP contribution < -0.4 is 15.4 Å². The average molecular weight is 343 g/mol. The number of rotatable bonds is 6. The lowest BCUT2D eigenvalue weighted by Crippen LogP contribution is -2.72. The molecule has 1 aliphatic heterocycles. The van der Waals surface area contributed by atoms with Gasteiger partial charge in [-0.05, 0) is 38.3 Å². The number of benzene rings is 1. The Kier molecular flexibility index (Phi) is 4.84. The van der Waals surface area contributed by atoms with Crippen molar-refractivity contribution in [2.45, 2.75) is 44.8 Å². The molecule has 0 aromatic heterocycles. The van der Waals surface area contributed by atoms with E-state index < -0.39 is 0 Å². The van der Waals surface area contributed by atoms with Crippen LogP contribution in [0, 0.1) is 11.3 Å². The summed E-state index contributed by atoms with van der Waals surface area (Å²) in [7, 11) is 0. The molecule has 1 aromatic carbocycles. The molecule has 5 heteroatoms. The van der Waals surface area contributed by atoms with Gasteiger partial charge in [0.05, 0.1) is 12.6 Å². The van der Waals surface area contributed by atoms with Crippen molar-refractivity contribution >= 4 is 5.96 Å². The number of fused-ring (bicyclic) bond motifs is 2. The van der Waals surface area contributed by atoms with Gasteiger partial charge in [-0.25, -0.2) is 4.99 Å². The van der Waals surface area contributed by atoms with E-state index in [-0.39, 0.29) is 0 Å². The predicted molar refractivity (Wildman–Crippen MR) is 99.0 cm³/mol. The van der Waals surface area contributed by atoms with Gasteiger partial charge in [-0.1, -0.05) is 24.6 Å². The first-order valence-electron chi connectivity index (χ1n) is 9.68. The van der Waals surface area contributed by atoms with Crippen LogP contribution in [0.2, 0.25) is 0 Å². The number of guanidine groups is 1. The Morgan fingerprint density at radius 3 is 2.88 bits per heavy atom. The Morgan fingerprint density at radius 1 is 1.32 bits per heavy atom. The molecule has 4 rings (SSSR count). The van der Waals surface area contributed by atoms with Crippen molar-refractivity contribution in [3.8, 4) is 5.75 Å². The second kappa shape index (κ2) is 7.24. The molecule has 2 aliphatic carbocycles. The molecule has 0 bridgehead atoms. The Hall–Kier alpha value is -1.75. The summed E-state index contributed by atoms with van der Waals surface area (Å²) < 4.78 is 11.7. The number of nitrogens with zero attached hydrogens (tertiary/aromatic N) is 1. The average Bonchev–Trinajstić information content (AvgIpc) is 3.01. The molecular weight excluding hydrogens is 314 g/mol. The highest BCUT2D eigenvalue weighted by Crippen LogP contribution is 2.62. The first kappa shape index (κ1) is 16.7. The van der Waals surface area contributed by atoms with E-state index in [1.54, 1.807) is 0 Å². The fourth-order valence-corrected chi connectivity index (χ4v) is 4.76. The summed E-state index contributed by atoms with van der Waals surface area (Å²) in [5, 5.41) is 7.11. The fourth-order valence-electron chi connectivity index (χ4n) is 4.76. The van der Waals surface area contributed by atoms with E-state index in [4.69, 9.17) is 14.5 Å². The van der Waals surface area contributed by atoms with Crippen molar-refractivity contribution in [3.63, 3.8) is 0 Å². The van der Waals surface area contributed by atoms with Crippen molar-refractivity contribution in [2.24, 2.45) is 16.3 Å². The number of ether oxygens (including phenoxy) is 2. The molecule has 3 unspecified atom stereocenters. The summed E-state index contributed by atoms with van der Waals surface area (Å²) in [6, 6.07) is 10.4. The number of hydrogen-bond donors (Lipinski definition) is 2. The van der Waals surface area contributed by atoms with Crippen molar-refractivity contribution in [3.05, 3.63) is 30.3 Å². The Balaban J connectivity index is 1.33. The molecule has 0 amide bonds. The van der Waals surface area contributed by atoms with Gasteiger partial charge in [-0.2, -0.15) is 0 Å². The normalized spacial score (nSPS) is 29.5. The summed E-state index contributed by atoms with van der Waals surface area (Å²) in [5.41, 5.74) is 0.373. The third kappa shape index (κ3) is 3.10. The lowest BCUT2D eigenvalue weighted by atomic mass is 9.46. The van der Waals surface area contributed by atoms with E-state index in [0.717, 1.165) is 24.9 Å². The molecule has 1 heterocycles. The Labute approximate surface area is 150 Å². The van der Waals surface area contributed by atoms with Crippen molar-refractivity contribution < 1.29 is 9.47 Å². The molecule has 2 N–H and O–H groups in total. The second-order valence-electron chi connectivity index (χ2n) is 7.37. The minimum absolute atomic E-state index is 0.373. The van der Waals surface area contributed by atoms with E-state index >= 15 is 0 Å². The highest BCUT2D eigenvalue weighted by Gasteiger charge is 2.66. The molecule has 0 radical (unpaired) electrons. The lowest BCUT2D eigenvalue weighted by Gasteiger charge is -2.63. The maximum absolute atomic E-state index is 6.01. The van der Waals surface area contributed by atoms with Crippen molar-refractivity contribution in [1.82, 2.24) is 10.6 Å². The fraction of sp³-hybridized carbons (Fsp3) is 0.650. The van der Waals surface area contributed by atoms with Gasteiger partial charge in [-0.3, -0.25) is 0 Å². The second-order valence-corrected chi connectivity index (χ2v) is 7.37. The Morgan fingerprint density at radius 2 is 2.16 bits per heavy atom. The SMILES string of the molecule is CCNC(=NCCOc1ccccc1)NC1C2CCOC2C12CCC2. The van der Waals surface area contributed by atoms with Gasteiger partial charge < -0.3 is 20.1 Å². The third-order valence-corrected chi connectivity index (χ3v) is 6.05. The number of para-hydroxylation sites is 1. The number of aliphatic imine (C=N–C) groups is 1. The van der Waals surface area contributed by atoms with Gasteiger partial charge in [0.25, 0.3) is 0 Å². The van der Waals surface area contributed by atoms with Gasteiger partial charge >= 0.3 is 0 Å². The van der Waals surface area contributed by atoms with Crippen LogP contribution in [0.25, 0.3) is 0 Å². The smallest absolute Gasteiger partial charge is 0.191 e.